The highest BCUT2D eigenvalue weighted by molar-refractivity contribution is 5.96. The number of carbonyl (C=O) groups is 3. The highest BCUT2D eigenvalue weighted by Gasteiger charge is 2.27. The lowest BCUT2D eigenvalue weighted by Gasteiger charge is -2.35. The number of carbonyl (C=O) groups excluding carboxylic acids is 2. The summed E-state index contributed by atoms with van der Waals surface area (Å²) in [7, 11) is 1.45. The Kier molecular flexibility index (Phi) is 7.10. The van der Waals surface area contributed by atoms with Gasteiger partial charge in [0.1, 0.15) is 0 Å². The third-order valence-corrected chi connectivity index (χ3v) is 3.54. The topological polar surface area (TPSA) is 108 Å². The molecule has 8 heteroatoms. The summed E-state index contributed by atoms with van der Waals surface area (Å²) in [6.07, 6.45) is 1.54. The fraction of sp³-hybridized carbons (Fsp3) is 0.769. The minimum Gasteiger partial charge on any atom is -0.481 e. The van der Waals surface area contributed by atoms with Crippen LogP contribution in [0.2, 0.25) is 0 Å². The van der Waals surface area contributed by atoms with Crippen molar-refractivity contribution in [2.75, 3.05) is 26.7 Å². The quantitative estimate of drug-likeness (QED) is 0.626. The van der Waals surface area contributed by atoms with Crippen molar-refractivity contribution in [3.8, 4) is 0 Å². The zero-order chi connectivity index (χ0) is 15.8. The Balaban J connectivity index is 2.29. The number of urea groups is 1. The Morgan fingerprint density at radius 2 is 1.95 bits per heavy atom. The third-order valence-electron chi connectivity index (χ3n) is 3.54. The van der Waals surface area contributed by atoms with Crippen LogP contribution in [-0.4, -0.2) is 66.8 Å². The zero-order valence-electron chi connectivity index (χ0n) is 12.4. The monoisotopic (exact) mass is 301 g/mol. The maximum absolute atomic E-state index is 11.8. The molecule has 0 radical (unpaired) electrons. The molecule has 0 aliphatic carbocycles. The normalized spacial score (nSPS) is 18.0. The van der Waals surface area contributed by atoms with Crippen LogP contribution in [0.3, 0.4) is 0 Å². The van der Waals surface area contributed by atoms with Gasteiger partial charge in [0.25, 0.3) is 0 Å². The number of aliphatic carboxylic acids is 1. The van der Waals surface area contributed by atoms with Gasteiger partial charge in [-0.2, -0.15) is 0 Å². The maximum atomic E-state index is 11.8. The van der Waals surface area contributed by atoms with E-state index in [1.807, 2.05) is 4.90 Å². The van der Waals surface area contributed by atoms with Crippen molar-refractivity contribution >= 4 is 17.9 Å². The summed E-state index contributed by atoms with van der Waals surface area (Å²) < 4.78 is 5.49. The molecular formula is C13H23N3O5. The van der Waals surface area contributed by atoms with Crippen LogP contribution in [0.5, 0.6) is 0 Å². The first-order chi connectivity index (χ1) is 9.93. The molecule has 0 bridgehead atoms. The molecule has 1 fully saturated rings. The Morgan fingerprint density at radius 3 is 2.48 bits per heavy atom. The molecule has 0 spiro atoms. The summed E-state index contributed by atoms with van der Waals surface area (Å²) in [4.78, 5) is 35.3. The van der Waals surface area contributed by atoms with Crippen molar-refractivity contribution in [2.24, 2.45) is 0 Å². The van der Waals surface area contributed by atoms with Crippen molar-refractivity contribution in [2.45, 2.75) is 38.3 Å². The molecule has 1 atom stereocenters. The average molecular weight is 301 g/mol. The number of imide groups is 1. The lowest BCUT2D eigenvalue weighted by Crippen LogP contribution is -2.51. The van der Waals surface area contributed by atoms with Gasteiger partial charge in [0, 0.05) is 20.1 Å². The second kappa shape index (κ2) is 8.58. The average Bonchev–Trinajstić information content (AvgIpc) is 2.46. The lowest BCUT2D eigenvalue weighted by atomic mass is 10.1. The summed E-state index contributed by atoms with van der Waals surface area (Å²) in [6.45, 7) is 3.33. The number of carboxylic acids is 1. The van der Waals surface area contributed by atoms with E-state index in [0.29, 0.717) is 13.1 Å². The summed E-state index contributed by atoms with van der Waals surface area (Å²) in [5, 5.41) is 13.1. The van der Waals surface area contributed by atoms with Gasteiger partial charge < -0.3 is 15.2 Å². The van der Waals surface area contributed by atoms with Gasteiger partial charge in [-0.1, -0.05) is 0 Å². The van der Waals surface area contributed by atoms with E-state index in [2.05, 4.69) is 10.6 Å². The summed E-state index contributed by atoms with van der Waals surface area (Å²) >= 11 is 0. The first kappa shape index (κ1) is 17.4. The molecule has 120 valence electrons. The van der Waals surface area contributed by atoms with E-state index in [1.54, 1.807) is 6.92 Å². The Labute approximate surface area is 123 Å². The molecule has 1 aliphatic heterocycles. The molecule has 1 unspecified atom stereocenters. The van der Waals surface area contributed by atoms with Gasteiger partial charge in [-0.15, -0.1) is 0 Å². The van der Waals surface area contributed by atoms with Gasteiger partial charge in [-0.25, -0.2) is 4.79 Å². The van der Waals surface area contributed by atoms with Crippen LogP contribution in [0, 0.1) is 0 Å². The van der Waals surface area contributed by atoms with Gasteiger partial charge in [-0.3, -0.25) is 19.8 Å². The van der Waals surface area contributed by atoms with Crippen LogP contribution in [-0.2, 0) is 14.3 Å². The SMILES string of the molecule is CNC(=O)NC(=O)C(C)N1CCC(OCCC(=O)O)CC1. The van der Waals surface area contributed by atoms with Crippen LogP contribution >= 0.6 is 0 Å². The standard InChI is InChI=1S/C13H23N3O5/c1-9(12(19)15-13(20)14-2)16-6-3-10(4-7-16)21-8-5-11(17)18/h9-10H,3-8H2,1-2H3,(H,17,18)(H2,14,15,19,20). The molecule has 21 heavy (non-hydrogen) atoms. The molecule has 1 rings (SSSR count). The zero-order valence-corrected chi connectivity index (χ0v) is 12.4. The van der Waals surface area contributed by atoms with Crippen molar-refractivity contribution < 1.29 is 24.2 Å². The van der Waals surface area contributed by atoms with Gasteiger partial charge in [0.15, 0.2) is 0 Å². The Bertz CT molecular complexity index is 380. The van der Waals surface area contributed by atoms with Crippen LogP contribution in [0.15, 0.2) is 0 Å². The largest absolute Gasteiger partial charge is 0.481 e. The highest BCUT2D eigenvalue weighted by atomic mass is 16.5. The number of nitrogens with zero attached hydrogens (tertiary/aromatic N) is 1. The fourth-order valence-electron chi connectivity index (χ4n) is 2.19. The van der Waals surface area contributed by atoms with Crippen LogP contribution in [0.4, 0.5) is 4.79 Å². The number of likely N-dealkylation sites (tertiary alicyclic amines) is 1. The smallest absolute Gasteiger partial charge is 0.321 e. The summed E-state index contributed by atoms with van der Waals surface area (Å²) in [5.41, 5.74) is 0. The maximum Gasteiger partial charge on any atom is 0.321 e. The molecule has 1 heterocycles. The number of hydrogen-bond acceptors (Lipinski definition) is 5. The van der Waals surface area contributed by atoms with Crippen molar-refractivity contribution in [3.63, 3.8) is 0 Å². The van der Waals surface area contributed by atoms with Crippen molar-refractivity contribution in [3.05, 3.63) is 0 Å². The van der Waals surface area contributed by atoms with E-state index in [0.717, 1.165) is 12.8 Å². The van der Waals surface area contributed by atoms with Crippen molar-refractivity contribution in [1.29, 1.82) is 0 Å². The van der Waals surface area contributed by atoms with E-state index in [-0.39, 0.29) is 31.1 Å². The van der Waals surface area contributed by atoms with E-state index >= 15 is 0 Å². The highest BCUT2D eigenvalue weighted by Crippen LogP contribution is 2.16. The van der Waals surface area contributed by atoms with Gasteiger partial charge in [-0.05, 0) is 19.8 Å². The predicted octanol–water partition coefficient (Wildman–Crippen LogP) is -0.214. The first-order valence-electron chi connectivity index (χ1n) is 7.04. The van der Waals surface area contributed by atoms with Gasteiger partial charge >= 0.3 is 12.0 Å². The molecule has 0 aromatic rings. The van der Waals surface area contributed by atoms with E-state index in [4.69, 9.17) is 9.84 Å². The first-order valence-corrected chi connectivity index (χ1v) is 7.04. The van der Waals surface area contributed by atoms with Gasteiger partial charge in [0.2, 0.25) is 5.91 Å². The number of carboxylic acid groups (broad SMARTS) is 1. The van der Waals surface area contributed by atoms with Crippen molar-refractivity contribution in [1.82, 2.24) is 15.5 Å². The summed E-state index contributed by atoms with van der Waals surface area (Å²) in [5.74, 6) is -1.20. The Hall–Kier alpha value is -1.67. The number of ether oxygens (including phenoxy) is 1. The van der Waals surface area contributed by atoms with Crippen LogP contribution in [0.1, 0.15) is 26.2 Å². The van der Waals surface area contributed by atoms with Crippen LogP contribution < -0.4 is 10.6 Å². The number of rotatable bonds is 6. The molecule has 0 aromatic heterocycles. The van der Waals surface area contributed by atoms with E-state index < -0.39 is 12.0 Å². The van der Waals surface area contributed by atoms with Crippen LogP contribution in [0.25, 0.3) is 0 Å². The third kappa shape index (κ3) is 6.09. The number of piperidine rings is 1. The minimum atomic E-state index is -0.869. The molecule has 0 aromatic carbocycles. The summed E-state index contributed by atoms with van der Waals surface area (Å²) in [6, 6.07) is -0.902. The van der Waals surface area contributed by atoms with E-state index in [1.165, 1.54) is 7.05 Å². The lowest BCUT2D eigenvalue weighted by molar-refractivity contribution is -0.139. The minimum absolute atomic E-state index is 0.00511. The second-order valence-electron chi connectivity index (χ2n) is 4.99. The number of nitrogens with one attached hydrogen (secondary N) is 2. The molecule has 1 aliphatic rings. The van der Waals surface area contributed by atoms with E-state index in [9.17, 15) is 14.4 Å². The fourth-order valence-corrected chi connectivity index (χ4v) is 2.19. The Morgan fingerprint density at radius 1 is 1.33 bits per heavy atom. The molecule has 8 nitrogen and oxygen atoms in total. The molecule has 3 N–H and O–H groups in total. The molecule has 1 saturated heterocycles. The number of amides is 3. The van der Waals surface area contributed by atoms with Gasteiger partial charge in [0.05, 0.1) is 25.2 Å². The molecular weight excluding hydrogens is 278 g/mol. The number of hydrogen-bond donors (Lipinski definition) is 3. The second-order valence-corrected chi connectivity index (χ2v) is 4.99. The molecule has 3 amide bonds. The molecule has 0 saturated carbocycles. The predicted molar refractivity (Wildman–Crippen MR) is 74.9 cm³/mol.